The van der Waals surface area contributed by atoms with Gasteiger partial charge in [-0.1, -0.05) is 43.5 Å². The van der Waals surface area contributed by atoms with E-state index in [-0.39, 0.29) is 17.5 Å². The first-order valence-corrected chi connectivity index (χ1v) is 10.8. The number of nitrogens with zero attached hydrogens (tertiary/aromatic N) is 1. The van der Waals surface area contributed by atoms with Gasteiger partial charge >= 0.3 is 6.03 Å². The van der Waals surface area contributed by atoms with Crippen LogP contribution in [0, 0.1) is 11.7 Å². The SMILES string of the molecule is CN(C)Cc1ccccc1CNC(=O)Nc1ccc(F)c(NC(=O)C2CCCCC2)c1. The van der Waals surface area contributed by atoms with Crippen molar-refractivity contribution in [3.8, 4) is 0 Å². The summed E-state index contributed by atoms with van der Waals surface area (Å²) in [6.07, 6.45) is 4.87. The molecule has 0 aliphatic heterocycles. The fourth-order valence-electron chi connectivity index (χ4n) is 3.87. The lowest BCUT2D eigenvalue weighted by Crippen LogP contribution is -2.29. The smallest absolute Gasteiger partial charge is 0.319 e. The zero-order valence-corrected chi connectivity index (χ0v) is 18.2. The summed E-state index contributed by atoms with van der Waals surface area (Å²) in [7, 11) is 3.99. The van der Waals surface area contributed by atoms with Crippen molar-refractivity contribution >= 4 is 23.3 Å². The molecule has 0 bridgehead atoms. The number of carbonyl (C=O) groups excluding carboxylic acids is 2. The van der Waals surface area contributed by atoms with Crippen molar-refractivity contribution < 1.29 is 14.0 Å². The van der Waals surface area contributed by atoms with Crippen molar-refractivity contribution in [1.29, 1.82) is 0 Å². The Bertz CT molecular complexity index is 910. The van der Waals surface area contributed by atoms with E-state index in [1.807, 2.05) is 38.4 Å². The van der Waals surface area contributed by atoms with Gasteiger partial charge in [-0.2, -0.15) is 0 Å². The first kappa shape index (κ1) is 22.7. The largest absolute Gasteiger partial charge is 0.334 e. The minimum Gasteiger partial charge on any atom is -0.334 e. The van der Waals surface area contributed by atoms with Gasteiger partial charge in [0, 0.05) is 24.7 Å². The highest BCUT2D eigenvalue weighted by atomic mass is 19.1. The van der Waals surface area contributed by atoms with Crippen LogP contribution in [0.2, 0.25) is 0 Å². The van der Waals surface area contributed by atoms with Gasteiger partial charge < -0.3 is 20.9 Å². The van der Waals surface area contributed by atoms with Gasteiger partial charge in [0.15, 0.2) is 0 Å². The minimum atomic E-state index is -0.521. The molecule has 0 atom stereocenters. The van der Waals surface area contributed by atoms with E-state index in [2.05, 4.69) is 20.9 Å². The molecule has 0 heterocycles. The second-order valence-corrected chi connectivity index (χ2v) is 8.33. The average Bonchev–Trinajstić information content (AvgIpc) is 2.75. The van der Waals surface area contributed by atoms with Gasteiger partial charge in [-0.25, -0.2) is 9.18 Å². The third kappa shape index (κ3) is 6.79. The third-order valence-electron chi connectivity index (χ3n) is 5.50. The summed E-state index contributed by atoms with van der Waals surface area (Å²) in [5.41, 5.74) is 2.68. The molecule has 1 aliphatic carbocycles. The highest BCUT2D eigenvalue weighted by Crippen LogP contribution is 2.26. The van der Waals surface area contributed by atoms with Crippen LogP contribution < -0.4 is 16.0 Å². The van der Waals surface area contributed by atoms with E-state index in [0.29, 0.717) is 12.2 Å². The van der Waals surface area contributed by atoms with Gasteiger partial charge in [-0.05, 0) is 56.3 Å². The number of carbonyl (C=O) groups is 2. The molecule has 1 aliphatic rings. The van der Waals surface area contributed by atoms with Gasteiger partial charge in [0.25, 0.3) is 0 Å². The van der Waals surface area contributed by atoms with Crippen molar-refractivity contribution in [1.82, 2.24) is 10.2 Å². The number of benzene rings is 2. The lowest BCUT2D eigenvalue weighted by atomic mass is 9.88. The van der Waals surface area contributed by atoms with Crippen LogP contribution >= 0.6 is 0 Å². The maximum absolute atomic E-state index is 14.2. The molecule has 0 spiro atoms. The summed E-state index contributed by atoms with van der Waals surface area (Å²) >= 11 is 0. The molecule has 2 aromatic rings. The van der Waals surface area contributed by atoms with Gasteiger partial charge in [-0.3, -0.25) is 4.79 Å². The van der Waals surface area contributed by atoms with Gasteiger partial charge in [0.05, 0.1) is 5.69 Å². The molecule has 166 valence electrons. The monoisotopic (exact) mass is 426 g/mol. The standard InChI is InChI=1S/C24H31FN4O2/c1-29(2)16-19-11-7-6-10-18(19)15-26-24(31)27-20-12-13-21(25)22(14-20)28-23(30)17-8-4-3-5-9-17/h6-7,10-14,17H,3-5,8-9,15-16H2,1-2H3,(H,28,30)(H2,26,27,31). The van der Waals surface area contributed by atoms with Gasteiger partial charge in [0.2, 0.25) is 5.91 Å². The van der Waals surface area contributed by atoms with Crippen molar-refractivity contribution in [2.45, 2.75) is 45.2 Å². The Balaban J connectivity index is 1.58. The number of hydrogen-bond acceptors (Lipinski definition) is 3. The topological polar surface area (TPSA) is 73.5 Å². The number of urea groups is 1. The summed E-state index contributed by atoms with van der Waals surface area (Å²) < 4.78 is 14.2. The second kappa shape index (κ2) is 10.9. The number of halogens is 1. The first-order valence-electron chi connectivity index (χ1n) is 10.8. The lowest BCUT2D eigenvalue weighted by molar-refractivity contribution is -0.120. The predicted molar refractivity (Wildman–Crippen MR) is 121 cm³/mol. The molecule has 0 unspecified atom stereocenters. The Labute approximate surface area is 183 Å². The molecule has 0 saturated heterocycles. The van der Waals surface area contributed by atoms with E-state index < -0.39 is 11.8 Å². The van der Waals surface area contributed by atoms with Crippen molar-refractivity contribution in [3.63, 3.8) is 0 Å². The highest BCUT2D eigenvalue weighted by molar-refractivity contribution is 5.94. The maximum atomic E-state index is 14.2. The van der Waals surface area contributed by atoms with Crippen molar-refractivity contribution in [2.24, 2.45) is 5.92 Å². The number of nitrogens with one attached hydrogen (secondary N) is 3. The predicted octanol–water partition coefficient (Wildman–Crippen LogP) is 4.73. The molecule has 3 rings (SSSR count). The molecular formula is C24H31FN4O2. The lowest BCUT2D eigenvalue weighted by Gasteiger charge is -2.21. The molecule has 3 N–H and O–H groups in total. The van der Waals surface area contributed by atoms with E-state index >= 15 is 0 Å². The highest BCUT2D eigenvalue weighted by Gasteiger charge is 2.22. The van der Waals surface area contributed by atoms with Crippen LogP contribution in [0.1, 0.15) is 43.2 Å². The van der Waals surface area contributed by atoms with E-state index in [9.17, 15) is 14.0 Å². The molecule has 0 aromatic heterocycles. The van der Waals surface area contributed by atoms with E-state index in [0.717, 1.165) is 49.8 Å². The fourth-order valence-corrected chi connectivity index (χ4v) is 3.87. The van der Waals surface area contributed by atoms with Gasteiger partial charge in [-0.15, -0.1) is 0 Å². The third-order valence-corrected chi connectivity index (χ3v) is 5.50. The second-order valence-electron chi connectivity index (χ2n) is 8.33. The fraction of sp³-hybridized carbons (Fsp3) is 0.417. The molecule has 2 aromatic carbocycles. The molecule has 1 saturated carbocycles. The van der Waals surface area contributed by atoms with Crippen LogP contribution in [-0.4, -0.2) is 30.9 Å². The molecule has 0 radical (unpaired) electrons. The average molecular weight is 427 g/mol. The number of amides is 3. The summed E-state index contributed by atoms with van der Waals surface area (Å²) in [5.74, 6) is -0.749. The number of anilines is 2. The van der Waals surface area contributed by atoms with Crippen LogP contribution in [0.4, 0.5) is 20.6 Å². The summed E-state index contributed by atoms with van der Waals surface area (Å²) in [4.78, 5) is 26.9. The van der Waals surface area contributed by atoms with Crippen LogP contribution in [0.15, 0.2) is 42.5 Å². The Morgan fingerprint density at radius 2 is 1.71 bits per heavy atom. The number of rotatable bonds is 7. The molecule has 3 amide bonds. The molecule has 6 nitrogen and oxygen atoms in total. The zero-order valence-electron chi connectivity index (χ0n) is 18.2. The van der Waals surface area contributed by atoms with Crippen LogP contribution in [0.5, 0.6) is 0 Å². The molecule has 7 heteroatoms. The van der Waals surface area contributed by atoms with Crippen LogP contribution in [0.3, 0.4) is 0 Å². The van der Waals surface area contributed by atoms with E-state index in [1.54, 1.807) is 0 Å². The Hall–Kier alpha value is -2.93. The summed E-state index contributed by atoms with van der Waals surface area (Å²) in [6, 6.07) is 11.7. The van der Waals surface area contributed by atoms with E-state index in [1.165, 1.54) is 18.2 Å². The molecular weight excluding hydrogens is 395 g/mol. The molecule has 31 heavy (non-hydrogen) atoms. The Kier molecular flexibility index (Phi) is 8.00. The minimum absolute atomic E-state index is 0.0738. The normalized spacial score (nSPS) is 14.3. The summed E-state index contributed by atoms with van der Waals surface area (Å²) in [6.45, 7) is 1.16. The first-order chi connectivity index (χ1) is 14.9. The molecule has 1 fully saturated rings. The van der Waals surface area contributed by atoms with Crippen molar-refractivity contribution in [2.75, 3.05) is 24.7 Å². The summed E-state index contributed by atoms with van der Waals surface area (Å²) in [5, 5.41) is 8.24. The van der Waals surface area contributed by atoms with Gasteiger partial charge in [0.1, 0.15) is 5.82 Å². The maximum Gasteiger partial charge on any atom is 0.319 e. The van der Waals surface area contributed by atoms with Crippen LogP contribution in [-0.2, 0) is 17.9 Å². The Morgan fingerprint density at radius 1 is 1.00 bits per heavy atom. The van der Waals surface area contributed by atoms with Crippen LogP contribution in [0.25, 0.3) is 0 Å². The number of hydrogen-bond donors (Lipinski definition) is 3. The Morgan fingerprint density at radius 3 is 2.42 bits per heavy atom. The quantitative estimate of drug-likeness (QED) is 0.599. The van der Waals surface area contributed by atoms with E-state index in [4.69, 9.17) is 0 Å². The van der Waals surface area contributed by atoms with Crippen molar-refractivity contribution in [3.05, 3.63) is 59.4 Å². The zero-order chi connectivity index (χ0) is 22.2.